The number of amides is 1. The molecule has 1 aliphatic heterocycles. The Hall–Kier alpha value is -2.73. The summed E-state index contributed by atoms with van der Waals surface area (Å²) in [7, 11) is 0. The van der Waals surface area contributed by atoms with Gasteiger partial charge in [0, 0.05) is 48.3 Å². The normalized spacial score (nSPS) is 21.6. The van der Waals surface area contributed by atoms with Gasteiger partial charge < -0.3 is 20.2 Å². The summed E-state index contributed by atoms with van der Waals surface area (Å²) >= 11 is 5.98. The van der Waals surface area contributed by atoms with Gasteiger partial charge in [-0.1, -0.05) is 24.4 Å². The van der Waals surface area contributed by atoms with Crippen LogP contribution in [0.15, 0.2) is 48.5 Å². The number of halogens is 1. The maximum Gasteiger partial charge on any atom is 0.307 e. The molecule has 2 unspecified atom stereocenters. The number of piperazine rings is 1. The molecule has 2 fully saturated rings. The van der Waals surface area contributed by atoms with E-state index in [1.807, 2.05) is 36.4 Å². The highest BCUT2D eigenvalue weighted by atomic mass is 35.5. The largest absolute Gasteiger partial charge is 0.481 e. The molecule has 1 amide bonds. The fourth-order valence-corrected chi connectivity index (χ4v) is 4.73. The van der Waals surface area contributed by atoms with Crippen LogP contribution >= 0.6 is 11.6 Å². The maximum atomic E-state index is 12.7. The number of nitrogens with zero attached hydrogens (tertiary/aromatic N) is 2. The van der Waals surface area contributed by atoms with E-state index in [4.69, 9.17) is 11.6 Å². The molecule has 1 heterocycles. The Balaban J connectivity index is 1.33. The van der Waals surface area contributed by atoms with Crippen LogP contribution in [-0.4, -0.2) is 43.2 Å². The minimum Gasteiger partial charge on any atom is -0.481 e. The number of hydrogen-bond acceptors (Lipinski definition) is 4. The van der Waals surface area contributed by atoms with Crippen molar-refractivity contribution in [3.8, 4) is 0 Å². The molecular weight excluding hydrogens is 414 g/mol. The van der Waals surface area contributed by atoms with Gasteiger partial charge in [0.15, 0.2) is 0 Å². The Morgan fingerprint density at radius 1 is 0.806 bits per heavy atom. The number of carboxylic acids is 1. The standard InChI is InChI=1S/C24H28ClN3O3/c25-17-5-9-19(10-6-17)27-13-15-28(16-14-27)20-11-7-18(8-12-20)26-23(29)21-3-1-2-4-22(21)24(30)31/h5-12,21-22H,1-4,13-16H2,(H,26,29)(H,30,31). The molecule has 4 rings (SSSR count). The van der Waals surface area contributed by atoms with Crippen molar-refractivity contribution in [2.45, 2.75) is 25.7 Å². The molecule has 6 nitrogen and oxygen atoms in total. The fraction of sp³-hybridized carbons (Fsp3) is 0.417. The second kappa shape index (κ2) is 9.60. The summed E-state index contributed by atoms with van der Waals surface area (Å²) in [4.78, 5) is 28.8. The maximum absolute atomic E-state index is 12.7. The number of rotatable bonds is 5. The van der Waals surface area contributed by atoms with Gasteiger partial charge in [-0.25, -0.2) is 0 Å². The highest BCUT2D eigenvalue weighted by molar-refractivity contribution is 6.30. The summed E-state index contributed by atoms with van der Waals surface area (Å²) in [6.45, 7) is 3.68. The van der Waals surface area contributed by atoms with E-state index in [1.54, 1.807) is 0 Å². The zero-order valence-corrected chi connectivity index (χ0v) is 18.2. The molecule has 2 aliphatic rings. The van der Waals surface area contributed by atoms with Crippen LogP contribution in [0, 0.1) is 11.8 Å². The number of aliphatic carboxylic acids is 1. The van der Waals surface area contributed by atoms with Crippen molar-refractivity contribution in [2.75, 3.05) is 41.3 Å². The van der Waals surface area contributed by atoms with Crippen LogP contribution in [0.25, 0.3) is 0 Å². The molecule has 2 aromatic carbocycles. The van der Waals surface area contributed by atoms with Crippen LogP contribution < -0.4 is 15.1 Å². The summed E-state index contributed by atoms with van der Waals surface area (Å²) in [6, 6.07) is 15.8. The molecule has 1 saturated heterocycles. The molecule has 164 valence electrons. The van der Waals surface area contributed by atoms with E-state index in [0.29, 0.717) is 18.5 Å². The van der Waals surface area contributed by atoms with Crippen LogP contribution in [0.3, 0.4) is 0 Å². The van der Waals surface area contributed by atoms with Crippen molar-refractivity contribution in [2.24, 2.45) is 11.8 Å². The lowest BCUT2D eigenvalue weighted by atomic mass is 9.78. The van der Waals surface area contributed by atoms with Crippen molar-refractivity contribution in [1.82, 2.24) is 0 Å². The van der Waals surface area contributed by atoms with Crippen molar-refractivity contribution in [1.29, 1.82) is 0 Å². The van der Waals surface area contributed by atoms with E-state index >= 15 is 0 Å². The molecule has 2 N–H and O–H groups in total. The number of anilines is 3. The van der Waals surface area contributed by atoms with Crippen molar-refractivity contribution in [3.63, 3.8) is 0 Å². The van der Waals surface area contributed by atoms with Crippen LogP contribution in [0.1, 0.15) is 25.7 Å². The average molecular weight is 442 g/mol. The first-order chi connectivity index (χ1) is 15.0. The Morgan fingerprint density at radius 3 is 1.81 bits per heavy atom. The first-order valence-corrected chi connectivity index (χ1v) is 11.3. The summed E-state index contributed by atoms with van der Waals surface area (Å²) in [5, 5.41) is 13.1. The zero-order chi connectivity index (χ0) is 21.8. The second-order valence-corrected chi connectivity index (χ2v) is 8.76. The van der Waals surface area contributed by atoms with Crippen molar-refractivity contribution < 1.29 is 14.7 Å². The Morgan fingerprint density at radius 2 is 1.29 bits per heavy atom. The quantitative estimate of drug-likeness (QED) is 0.714. The van der Waals surface area contributed by atoms with Gasteiger partial charge in [-0.15, -0.1) is 0 Å². The minimum atomic E-state index is -0.868. The molecule has 1 saturated carbocycles. The van der Waals surface area contributed by atoms with E-state index in [9.17, 15) is 14.7 Å². The Kier molecular flexibility index (Phi) is 6.66. The van der Waals surface area contributed by atoms with Gasteiger partial charge in [-0.3, -0.25) is 9.59 Å². The summed E-state index contributed by atoms with van der Waals surface area (Å²) in [6.07, 6.45) is 3.00. The van der Waals surface area contributed by atoms with Gasteiger partial charge in [0.2, 0.25) is 5.91 Å². The molecule has 1 aliphatic carbocycles. The Labute approximate surface area is 187 Å². The Bertz CT molecular complexity index is 909. The minimum absolute atomic E-state index is 0.184. The summed E-state index contributed by atoms with van der Waals surface area (Å²) in [5.74, 6) is -2.08. The average Bonchev–Trinajstić information content (AvgIpc) is 2.80. The molecule has 0 aromatic heterocycles. The molecule has 0 spiro atoms. The van der Waals surface area contributed by atoms with E-state index in [1.165, 1.54) is 5.69 Å². The molecule has 31 heavy (non-hydrogen) atoms. The first-order valence-electron chi connectivity index (χ1n) is 10.9. The molecule has 2 atom stereocenters. The summed E-state index contributed by atoms with van der Waals surface area (Å²) in [5.41, 5.74) is 3.02. The van der Waals surface area contributed by atoms with Gasteiger partial charge >= 0.3 is 5.97 Å². The fourth-order valence-electron chi connectivity index (χ4n) is 4.61. The molecule has 0 radical (unpaired) electrons. The number of carbonyl (C=O) groups is 2. The topological polar surface area (TPSA) is 72.9 Å². The van der Waals surface area contributed by atoms with E-state index in [0.717, 1.165) is 49.7 Å². The third-order valence-corrected chi connectivity index (χ3v) is 6.64. The third-order valence-electron chi connectivity index (χ3n) is 6.39. The van der Waals surface area contributed by atoms with Gasteiger partial charge in [0.1, 0.15) is 0 Å². The number of nitrogens with one attached hydrogen (secondary N) is 1. The lowest BCUT2D eigenvalue weighted by Crippen LogP contribution is -2.46. The van der Waals surface area contributed by atoms with Crippen LogP contribution in [0.4, 0.5) is 17.1 Å². The first kappa shape index (κ1) is 21.5. The molecule has 0 bridgehead atoms. The highest BCUT2D eigenvalue weighted by Crippen LogP contribution is 2.31. The van der Waals surface area contributed by atoms with Gasteiger partial charge in [-0.2, -0.15) is 0 Å². The zero-order valence-electron chi connectivity index (χ0n) is 17.5. The molecular formula is C24H28ClN3O3. The number of carbonyl (C=O) groups excluding carboxylic acids is 1. The number of benzene rings is 2. The van der Waals surface area contributed by atoms with Crippen molar-refractivity contribution in [3.05, 3.63) is 53.6 Å². The van der Waals surface area contributed by atoms with Crippen molar-refractivity contribution >= 4 is 40.5 Å². The van der Waals surface area contributed by atoms with Crippen LogP contribution in [-0.2, 0) is 9.59 Å². The van der Waals surface area contributed by atoms with E-state index in [-0.39, 0.29) is 5.91 Å². The predicted molar refractivity (Wildman–Crippen MR) is 124 cm³/mol. The van der Waals surface area contributed by atoms with E-state index in [2.05, 4.69) is 27.2 Å². The van der Waals surface area contributed by atoms with Gasteiger partial charge in [0.25, 0.3) is 0 Å². The number of hydrogen-bond donors (Lipinski definition) is 2. The second-order valence-electron chi connectivity index (χ2n) is 8.32. The lowest BCUT2D eigenvalue weighted by Gasteiger charge is -2.37. The smallest absolute Gasteiger partial charge is 0.307 e. The van der Waals surface area contributed by atoms with Crippen LogP contribution in [0.2, 0.25) is 5.02 Å². The molecule has 2 aromatic rings. The van der Waals surface area contributed by atoms with Gasteiger partial charge in [0.05, 0.1) is 11.8 Å². The van der Waals surface area contributed by atoms with E-state index < -0.39 is 17.8 Å². The predicted octanol–water partition coefficient (Wildman–Crippen LogP) is 4.50. The van der Waals surface area contributed by atoms with Gasteiger partial charge in [-0.05, 0) is 61.4 Å². The monoisotopic (exact) mass is 441 g/mol. The lowest BCUT2D eigenvalue weighted by molar-refractivity contribution is -0.147. The molecule has 7 heteroatoms. The third kappa shape index (κ3) is 5.13. The number of carboxylic acid groups (broad SMARTS) is 1. The SMILES string of the molecule is O=C(O)C1CCCCC1C(=O)Nc1ccc(N2CCN(c3ccc(Cl)cc3)CC2)cc1. The summed E-state index contributed by atoms with van der Waals surface area (Å²) < 4.78 is 0. The van der Waals surface area contributed by atoms with Crippen LogP contribution in [0.5, 0.6) is 0 Å². The highest BCUT2D eigenvalue weighted by Gasteiger charge is 2.35.